The molecule has 0 bridgehead atoms. The first kappa shape index (κ1) is 13.5. The molecule has 0 aliphatic heterocycles. The van der Waals surface area contributed by atoms with Crippen molar-refractivity contribution in [3.63, 3.8) is 0 Å². The van der Waals surface area contributed by atoms with E-state index in [2.05, 4.69) is 9.16 Å². The van der Waals surface area contributed by atoms with Crippen molar-refractivity contribution in [2.75, 3.05) is 20.3 Å². The second kappa shape index (κ2) is 6.09. The van der Waals surface area contributed by atoms with Gasteiger partial charge in [-0.25, -0.2) is 0 Å². The van der Waals surface area contributed by atoms with Gasteiger partial charge < -0.3 is 23.9 Å². The summed E-state index contributed by atoms with van der Waals surface area (Å²) in [5.41, 5.74) is 0. The second-order valence-electron chi connectivity index (χ2n) is 2.94. The van der Waals surface area contributed by atoms with Gasteiger partial charge in [-0.2, -0.15) is 0 Å². The van der Waals surface area contributed by atoms with Gasteiger partial charge in [0.15, 0.2) is 0 Å². The van der Waals surface area contributed by atoms with E-state index in [1.807, 2.05) is 0 Å². The molecule has 0 rings (SSSR count). The first-order valence-electron chi connectivity index (χ1n) is 4.20. The first-order chi connectivity index (χ1) is 6.43. The fourth-order valence-electron chi connectivity index (χ4n) is 0.854. The average molecular weight is 224 g/mol. The number of esters is 1. The summed E-state index contributed by atoms with van der Waals surface area (Å²) in [5, 5.41) is 8.38. The molecular weight excluding hydrogens is 208 g/mol. The molecule has 0 aliphatic rings. The highest BCUT2D eigenvalue weighted by molar-refractivity contribution is 6.58. The van der Waals surface area contributed by atoms with E-state index in [1.54, 1.807) is 0 Å². The fraction of sp³-hybridized carbons (Fsp3) is 0.857. The van der Waals surface area contributed by atoms with Crippen LogP contribution < -0.4 is 0 Å². The molecule has 6 nitrogen and oxygen atoms in total. The Kier molecular flexibility index (Phi) is 5.89. The van der Waals surface area contributed by atoms with Gasteiger partial charge in [0.05, 0.1) is 12.5 Å². The van der Waals surface area contributed by atoms with Gasteiger partial charge in [-0.1, -0.05) is 6.92 Å². The summed E-state index contributed by atoms with van der Waals surface area (Å²) < 4.78 is 9.05. The fourth-order valence-corrected chi connectivity index (χ4v) is 1.99. The molecule has 7 heteroatoms. The quantitative estimate of drug-likeness (QED) is 0.384. The van der Waals surface area contributed by atoms with Crippen LogP contribution in [0, 0.1) is 5.92 Å². The van der Waals surface area contributed by atoms with E-state index in [1.165, 1.54) is 14.0 Å². The maximum absolute atomic E-state index is 11.1. The van der Waals surface area contributed by atoms with Crippen LogP contribution in [-0.4, -0.2) is 49.8 Å². The first-order valence-corrected chi connectivity index (χ1v) is 6.21. The summed E-state index contributed by atoms with van der Waals surface area (Å²) in [6, 6.07) is -0.145. The smallest absolute Gasteiger partial charge is 0.463 e. The molecule has 1 atom stereocenters. The molecule has 1 unspecified atom stereocenters. The van der Waals surface area contributed by atoms with Crippen molar-refractivity contribution in [1.29, 1.82) is 0 Å². The molecule has 0 spiro atoms. The van der Waals surface area contributed by atoms with Crippen molar-refractivity contribution in [3.8, 4) is 0 Å². The van der Waals surface area contributed by atoms with Crippen molar-refractivity contribution in [1.82, 2.24) is 0 Å². The SMILES string of the molecule is CO[Si](O)(O)CC(C)C(=O)OCCO. The zero-order chi connectivity index (χ0) is 11.2. The van der Waals surface area contributed by atoms with Gasteiger partial charge in [0, 0.05) is 13.2 Å². The predicted octanol–water partition coefficient (Wildman–Crippen LogP) is -1.27. The molecule has 0 aromatic rings. The van der Waals surface area contributed by atoms with Crippen LogP contribution in [0.25, 0.3) is 0 Å². The Morgan fingerprint density at radius 3 is 2.50 bits per heavy atom. The Morgan fingerprint density at radius 1 is 1.50 bits per heavy atom. The van der Waals surface area contributed by atoms with Gasteiger partial charge in [0.25, 0.3) is 0 Å². The summed E-state index contributed by atoms with van der Waals surface area (Å²) in [5.74, 6) is -1.22. The highest BCUT2D eigenvalue weighted by Gasteiger charge is 2.35. The summed E-state index contributed by atoms with van der Waals surface area (Å²) in [6.07, 6.45) is 0. The van der Waals surface area contributed by atoms with E-state index >= 15 is 0 Å². The van der Waals surface area contributed by atoms with Crippen LogP contribution >= 0.6 is 0 Å². The van der Waals surface area contributed by atoms with E-state index < -0.39 is 20.7 Å². The summed E-state index contributed by atoms with van der Waals surface area (Å²) in [4.78, 5) is 29.5. The molecule has 0 aromatic carbocycles. The highest BCUT2D eigenvalue weighted by atomic mass is 28.4. The Balaban J connectivity index is 3.94. The van der Waals surface area contributed by atoms with Crippen molar-refractivity contribution in [2.24, 2.45) is 5.92 Å². The van der Waals surface area contributed by atoms with Crippen LogP contribution in [0.1, 0.15) is 6.92 Å². The lowest BCUT2D eigenvalue weighted by atomic mass is 10.2. The van der Waals surface area contributed by atoms with Crippen LogP contribution in [0.15, 0.2) is 0 Å². The molecular formula is C7H16O6Si. The van der Waals surface area contributed by atoms with E-state index in [0.717, 1.165) is 0 Å². The lowest BCUT2D eigenvalue weighted by Crippen LogP contribution is -2.40. The van der Waals surface area contributed by atoms with Crippen molar-refractivity contribution < 1.29 is 28.7 Å². The average Bonchev–Trinajstić information content (AvgIpc) is 2.13. The van der Waals surface area contributed by atoms with Gasteiger partial charge in [-0.3, -0.25) is 4.79 Å². The van der Waals surface area contributed by atoms with Gasteiger partial charge in [-0.05, 0) is 0 Å². The van der Waals surface area contributed by atoms with Crippen molar-refractivity contribution in [3.05, 3.63) is 0 Å². The standard InChI is InChI=1S/C7H16O6Si/c1-6(5-14(10,11)12-2)7(9)13-4-3-8/h6,8,10-11H,3-5H2,1-2H3. The molecule has 0 fully saturated rings. The minimum Gasteiger partial charge on any atom is -0.463 e. The van der Waals surface area contributed by atoms with Crippen LogP contribution in [0.4, 0.5) is 0 Å². The molecule has 0 radical (unpaired) electrons. The monoisotopic (exact) mass is 224 g/mol. The number of aliphatic hydroxyl groups is 1. The number of hydrogen-bond donors (Lipinski definition) is 3. The maximum Gasteiger partial charge on any atom is 0.496 e. The third-order valence-corrected chi connectivity index (χ3v) is 3.43. The minimum absolute atomic E-state index is 0.0818. The summed E-state index contributed by atoms with van der Waals surface area (Å²) >= 11 is 0. The lowest BCUT2D eigenvalue weighted by Gasteiger charge is -2.18. The Hall–Kier alpha value is -0.473. The Labute approximate surface area is 83.5 Å². The van der Waals surface area contributed by atoms with Gasteiger partial charge >= 0.3 is 14.8 Å². The molecule has 0 amide bonds. The van der Waals surface area contributed by atoms with Gasteiger partial charge in [-0.15, -0.1) is 0 Å². The molecule has 0 aliphatic carbocycles. The zero-order valence-corrected chi connectivity index (χ0v) is 9.27. The number of hydrogen-bond acceptors (Lipinski definition) is 6. The van der Waals surface area contributed by atoms with E-state index in [-0.39, 0.29) is 19.3 Å². The van der Waals surface area contributed by atoms with Gasteiger partial charge in [0.2, 0.25) is 0 Å². The highest BCUT2D eigenvalue weighted by Crippen LogP contribution is 2.13. The number of ether oxygens (including phenoxy) is 1. The van der Waals surface area contributed by atoms with Crippen LogP contribution in [0.2, 0.25) is 6.04 Å². The van der Waals surface area contributed by atoms with E-state index in [0.29, 0.717) is 0 Å². The van der Waals surface area contributed by atoms with Crippen LogP contribution in [0.3, 0.4) is 0 Å². The zero-order valence-electron chi connectivity index (χ0n) is 8.27. The minimum atomic E-state index is -3.71. The second-order valence-corrected chi connectivity index (χ2v) is 5.25. The summed E-state index contributed by atoms with van der Waals surface area (Å²) in [7, 11) is -2.53. The third kappa shape index (κ3) is 5.30. The predicted molar refractivity (Wildman–Crippen MR) is 49.2 cm³/mol. The Bertz CT molecular complexity index is 183. The summed E-state index contributed by atoms with van der Waals surface area (Å²) in [6.45, 7) is 1.18. The number of carbonyl (C=O) groups is 1. The molecule has 14 heavy (non-hydrogen) atoms. The number of rotatable bonds is 6. The van der Waals surface area contributed by atoms with Gasteiger partial charge in [0.1, 0.15) is 6.61 Å². The largest absolute Gasteiger partial charge is 0.496 e. The molecule has 0 heterocycles. The van der Waals surface area contributed by atoms with Crippen LogP contribution in [-0.2, 0) is 14.0 Å². The molecule has 84 valence electrons. The maximum atomic E-state index is 11.1. The van der Waals surface area contributed by atoms with Crippen molar-refractivity contribution in [2.45, 2.75) is 13.0 Å². The number of aliphatic hydroxyl groups excluding tert-OH is 1. The van der Waals surface area contributed by atoms with Crippen LogP contribution in [0.5, 0.6) is 0 Å². The molecule has 3 N–H and O–H groups in total. The normalized spacial score (nSPS) is 13.8. The molecule has 0 saturated heterocycles. The molecule has 0 saturated carbocycles. The van der Waals surface area contributed by atoms with Crippen molar-refractivity contribution >= 4 is 14.8 Å². The van der Waals surface area contributed by atoms with E-state index in [4.69, 9.17) is 5.11 Å². The Morgan fingerprint density at radius 2 is 2.07 bits per heavy atom. The van der Waals surface area contributed by atoms with E-state index in [9.17, 15) is 14.4 Å². The topological polar surface area (TPSA) is 96.2 Å². The lowest BCUT2D eigenvalue weighted by molar-refractivity contribution is -0.148. The number of carbonyl (C=O) groups excluding carboxylic acids is 1. The molecule has 0 aromatic heterocycles. The third-order valence-electron chi connectivity index (χ3n) is 1.64.